The first-order chi connectivity index (χ1) is 12.1. The molecule has 0 aromatic carbocycles. The molecule has 0 saturated carbocycles. The number of nitrogens with one attached hydrogen (secondary N) is 3. The van der Waals surface area contributed by atoms with Crippen LogP contribution in [0.25, 0.3) is 0 Å². The molecule has 148 valence electrons. The van der Waals surface area contributed by atoms with Crippen LogP contribution >= 0.6 is 11.8 Å². The van der Waals surface area contributed by atoms with Gasteiger partial charge in [0, 0.05) is 0 Å². The highest BCUT2D eigenvalue weighted by atomic mass is 32.2. The average molecular weight is 391 g/mol. The Bertz CT molecular complexity index is 544. The van der Waals surface area contributed by atoms with E-state index >= 15 is 0 Å². The first-order valence-electron chi connectivity index (χ1n) is 7.72. The van der Waals surface area contributed by atoms with Gasteiger partial charge in [0.1, 0.15) is 18.1 Å². The third-order valence-corrected chi connectivity index (χ3v) is 3.86. The lowest BCUT2D eigenvalue weighted by Crippen LogP contribution is -2.55. The molecule has 12 heteroatoms. The summed E-state index contributed by atoms with van der Waals surface area (Å²) in [6.45, 7) is 1.05. The number of carboxylic acid groups (broad SMARTS) is 1. The largest absolute Gasteiger partial charge is 0.480 e. The number of aliphatic carboxylic acids is 1. The Morgan fingerprint density at radius 3 is 2.12 bits per heavy atom. The summed E-state index contributed by atoms with van der Waals surface area (Å²) >= 11 is 1.47. The van der Waals surface area contributed by atoms with Crippen LogP contribution in [-0.2, 0) is 24.0 Å². The topological polar surface area (TPSA) is 194 Å². The maximum atomic E-state index is 12.3. The van der Waals surface area contributed by atoms with Gasteiger partial charge in [-0.15, -0.1) is 0 Å². The Kier molecular flexibility index (Phi) is 11.0. The molecule has 0 aliphatic carbocycles. The molecular formula is C14H25N5O6S. The normalized spacial score (nSPS) is 13.8. The number of rotatable bonds is 12. The van der Waals surface area contributed by atoms with Crippen LogP contribution < -0.4 is 27.4 Å². The molecule has 0 rings (SSSR count). The lowest BCUT2D eigenvalue weighted by Gasteiger charge is -2.22. The molecule has 3 unspecified atom stereocenters. The summed E-state index contributed by atoms with van der Waals surface area (Å²) in [5.41, 5.74) is 10.1. The van der Waals surface area contributed by atoms with Gasteiger partial charge < -0.3 is 32.5 Å². The summed E-state index contributed by atoms with van der Waals surface area (Å²) in [5.74, 6) is -3.66. The quantitative estimate of drug-likeness (QED) is 0.204. The van der Waals surface area contributed by atoms with E-state index in [1.165, 1.54) is 18.7 Å². The molecule has 3 atom stereocenters. The van der Waals surface area contributed by atoms with Crippen LogP contribution in [0.3, 0.4) is 0 Å². The number of carbonyl (C=O) groups is 5. The lowest BCUT2D eigenvalue weighted by atomic mass is 10.1. The molecule has 4 amide bonds. The predicted octanol–water partition coefficient (Wildman–Crippen LogP) is -2.87. The van der Waals surface area contributed by atoms with E-state index in [1.54, 1.807) is 0 Å². The third-order valence-electron chi connectivity index (χ3n) is 3.22. The van der Waals surface area contributed by atoms with Gasteiger partial charge in [0.2, 0.25) is 23.6 Å². The molecule has 0 aliphatic rings. The van der Waals surface area contributed by atoms with Gasteiger partial charge in [-0.25, -0.2) is 4.79 Å². The fraction of sp³-hybridized carbons (Fsp3) is 0.643. The average Bonchev–Trinajstić information content (AvgIpc) is 2.56. The van der Waals surface area contributed by atoms with Crippen LogP contribution in [-0.4, -0.2) is 71.4 Å². The zero-order valence-corrected chi connectivity index (χ0v) is 15.4. The smallest absolute Gasteiger partial charge is 0.326 e. The zero-order chi connectivity index (χ0) is 20.3. The molecule has 0 fully saturated rings. The van der Waals surface area contributed by atoms with E-state index in [1.807, 2.05) is 6.26 Å². The van der Waals surface area contributed by atoms with Crippen molar-refractivity contribution >= 4 is 41.4 Å². The van der Waals surface area contributed by atoms with Gasteiger partial charge >= 0.3 is 5.97 Å². The highest BCUT2D eigenvalue weighted by molar-refractivity contribution is 7.98. The van der Waals surface area contributed by atoms with Crippen molar-refractivity contribution < 1.29 is 29.1 Å². The summed E-state index contributed by atoms with van der Waals surface area (Å²) in [5, 5.41) is 15.9. The van der Waals surface area contributed by atoms with Gasteiger partial charge in [-0.3, -0.25) is 19.2 Å². The van der Waals surface area contributed by atoms with Crippen LogP contribution in [0.5, 0.6) is 0 Å². The molecule has 0 heterocycles. The van der Waals surface area contributed by atoms with Crippen LogP contribution in [0.15, 0.2) is 0 Å². The molecule has 0 spiro atoms. The highest BCUT2D eigenvalue weighted by Gasteiger charge is 2.27. The van der Waals surface area contributed by atoms with Crippen LogP contribution in [0.1, 0.15) is 19.8 Å². The van der Waals surface area contributed by atoms with Crippen LogP contribution in [0.2, 0.25) is 0 Å². The maximum absolute atomic E-state index is 12.3. The van der Waals surface area contributed by atoms with Gasteiger partial charge in [0.05, 0.1) is 13.0 Å². The van der Waals surface area contributed by atoms with Gasteiger partial charge in [-0.2, -0.15) is 11.8 Å². The molecule has 0 aromatic rings. The third kappa shape index (κ3) is 9.22. The van der Waals surface area contributed by atoms with Crippen molar-refractivity contribution in [2.45, 2.75) is 37.9 Å². The number of hydrogen-bond acceptors (Lipinski definition) is 7. The molecular weight excluding hydrogens is 366 g/mol. The van der Waals surface area contributed by atoms with E-state index in [4.69, 9.17) is 16.6 Å². The fourth-order valence-corrected chi connectivity index (χ4v) is 2.31. The number of hydrogen-bond donors (Lipinski definition) is 6. The number of carbonyl (C=O) groups excluding carboxylic acids is 4. The summed E-state index contributed by atoms with van der Waals surface area (Å²) in [4.78, 5) is 57.6. The van der Waals surface area contributed by atoms with Gasteiger partial charge in [-0.1, -0.05) is 0 Å². The minimum atomic E-state index is -1.50. The number of amides is 4. The van der Waals surface area contributed by atoms with Crippen molar-refractivity contribution in [2.24, 2.45) is 11.5 Å². The Hall–Kier alpha value is -2.34. The van der Waals surface area contributed by atoms with E-state index in [9.17, 15) is 24.0 Å². The molecule has 0 aliphatic heterocycles. The molecule has 0 bridgehead atoms. The SMILES string of the molecule is CSCCC(NC(=O)CN)C(=O)NC(C)C(=O)NC(CC(N)=O)C(=O)O. The summed E-state index contributed by atoms with van der Waals surface area (Å²) in [6.07, 6.45) is 1.58. The Morgan fingerprint density at radius 1 is 1.04 bits per heavy atom. The standard InChI is InChI=1S/C14H25N5O6S/c1-7(12(22)19-9(14(24)25)5-10(16)20)17-13(23)8(3-4-26-2)18-11(21)6-15/h7-9H,3-6,15H2,1-2H3,(H2,16,20)(H,17,23)(H,18,21)(H,19,22)(H,24,25). The molecule has 8 N–H and O–H groups in total. The minimum Gasteiger partial charge on any atom is -0.480 e. The Labute approximate surface area is 155 Å². The van der Waals surface area contributed by atoms with E-state index in [2.05, 4.69) is 16.0 Å². The number of carboxylic acids is 1. The van der Waals surface area contributed by atoms with Crippen LogP contribution in [0.4, 0.5) is 0 Å². The van der Waals surface area contributed by atoms with Crippen molar-refractivity contribution in [1.82, 2.24) is 16.0 Å². The number of primary amides is 1. The molecule has 0 saturated heterocycles. The second-order valence-electron chi connectivity index (χ2n) is 5.41. The van der Waals surface area contributed by atoms with Gasteiger partial charge in [0.25, 0.3) is 0 Å². The highest BCUT2D eigenvalue weighted by Crippen LogP contribution is 2.02. The first-order valence-corrected chi connectivity index (χ1v) is 9.11. The van der Waals surface area contributed by atoms with Gasteiger partial charge in [-0.05, 0) is 25.4 Å². The second kappa shape index (κ2) is 12.1. The summed E-state index contributed by atoms with van der Waals surface area (Å²) < 4.78 is 0. The van der Waals surface area contributed by atoms with Crippen molar-refractivity contribution in [3.63, 3.8) is 0 Å². The Balaban J connectivity index is 4.84. The van der Waals surface area contributed by atoms with E-state index in [0.29, 0.717) is 12.2 Å². The summed E-state index contributed by atoms with van der Waals surface area (Å²) in [7, 11) is 0. The Morgan fingerprint density at radius 2 is 1.65 bits per heavy atom. The fourth-order valence-electron chi connectivity index (χ4n) is 1.84. The molecule has 0 aromatic heterocycles. The minimum absolute atomic E-state index is 0.285. The van der Waals surface area contributed by atoms with E-state index in [0.717, 1.165) is 0 Å². The van der Waals surface area contributed by atoms with E-state index < -0.39 is 54.1 Å². The van der Waals surface area contributed by atoms with Crippen molar-refractivity contribution in [3.8, 4) is 0 Å². The lowest BCUT2D eigenvalue weighted by molar-refractivity contribution is -0.143. The molecule has 11 nitrogen and oxygen atoms in total. The number of thioether (sulfide) groups is 1. The number of nitrogens with two attached hydrogens (primary N) is 2. The van der Waals surface area contributed by atoms with Crippen molar-refractivity contribution in [1.29, 1.82) is 0 Å². The zero-order valence-electron chi connectivity index (χ0n) is 14.6. The predicted molar refractivity (Wildman–Crippen MR) is 95.0 cm³/mol. The van der Waals surface area contributed by atoms with E-state index in [-0.39, 0.29) is 6.54 Å². The van der Waals surface area contributed by atoms with Crippen LogP contribution in [0, 0.1) is 0 Å². The van der Waals surface area contributed by atoms with Crippen molar-refractivity contribution in [3.05, 3.63) is 0 Å². The molecule has 0 radical (unpaired) electrons. The van der Waals surface area contributed by atoms with Gasteiger partial charge in [0.15, 0.2) is 0 Å². The first kappa shape index (κ1) is 23.7. The maximum Gasteiger partial charge on any atom is 0.326 e. The molecule has 26 heavy (non-hydrogen) atoms. The summed E-state index contributed by atoms with van der Waals surface area (Å²) in [6, 6.07) is -3.47. The monoisotopic (exact) mass is 391 g/mol. The van der Waals surface area contributed by atoms with Crippen molar-refractivity contribution in [2.75, 3.05) is 18.6 Å². The second-order valence-corrected chi connectivity index (χ2v) is 6.39.